The Balaban J connectivity index is 1.69. The summed E-state index contributed by atoms with van der Waals surface area (Å²) in [5, 5.41) is 7.17. The van der Waals surface area contributed by atoms with Gasteiger partial charge in [0.1, 0.15) is 5.39 Å². The van der Waals surface area contributed by atoms with Crippen molar-refractivity contribution in [2.45, 2.75) is 31.2 Å². The molecule has 0 radical (unpaired) electrons. The Hall–Kier alpha value is -2.63. The van der Waals surface area contributed by atoms with E-state index in [0.29, 0.717) is 28.9 Å². The van der Waals surface area contributed by atoms with Crippen LogP contribution >= 0.6 is 0 Å². The van der Waals surface area contributed by atoms with Crippen LogP contribution in [0.1, 0.15) is 30.7 Å². The number of hydrogen-bond donors (Lipinski definition) is 2. The van der Waals surface area contributed by atoms with Gasteiger partial charge >= 0.3 is 0 Å². The van der Waals surface area contributed by atoms with Crippen LogP contribution in [0.4, 0.5) is 5.95 Å². The molecule has 2 atom stereocenters. The number of benzene rings is 1. The number of H-pyrrole nitrogens is 2. The molecule has 2 unspecified atom stereocenters. The second-order valence-electron chi connectivity index (χ2n) is 6.15. The number of fused-ring (bicyclic) bond motifs is 1. The summed E-state index contributed by atoms with van der Waals surface area (Å²) >= 11 is 0. The van der Waals surface area contributed by atoms with E-state index in [0.717, 1.165) is 12.8 Å². The van der Waals surface area contributed by atoms with Gasteiger partial charge < -0.3 is 4.90 Å². The smallest absolute Gasteiger partial charge is 0.263 e. The van der Waals surface area contributed by atoms with Gasteiger partial charge in [-0.25, -0.2) is 0 Å². The van der Waals surface area contributed by atoms with E-state index in [2.05, 4.69) is 49.3 Å². The number of hydrogen-bond acceptors (Lipinski definition) is 4. The van der Waals surface area contributed by atoms with Crippen molar-refractivity contribution in [1.29, 1.82) is 0 Å². The third-order valence-corrected chi connectivity index (χ3v) is 4.85. The molecule has 6 nitrogen and oxygen atoms in total. The largest absolute Gasteiger partial charge is 0.342 e. The molecule has 23 heavy (non-hydrogen) atoms. The monoisotopic (exact) mass is 309 g/mol. The highest BCUT2D eigenvalue weighted by Gasteiger charge is 2.32. The van der Waals surface area contributed by atoms with Gasteiger partial charge in [0.15, 0.2) is 5.65 Å². The number of rotatable bonds is 3. The number of aromatic nitrogens is 4. The van der Waals surface area contributed by atoms with Crippen LogP contribution in [0.5, 0.6) is 0 Å². The lowest BCUT2D eigenvalue weighted by Crippen LogP contribution is -2.36. The molecule has 1 aliphatic rings. The second kappa shape index (κ2) is 5.53. The van der Waals surface area contributed by atoms with E-state index in [1.54, 1.807) is 0 Å². The van der Waals surface area contributed by atoms with Gasteiger partial charge in [-0.3, -0.25) is 14.9 Å². The molecule has 0 amide bonds. The molecular formula is C17H19N5O. The van der Waals surface area contributed by atoms with Gasteiger partial charge in [0, 0.05) is 19.0 Å². The molecule has 4 rings (SSSR count). The van der Waals surface area contributed by atoms with Gasteiger partial charge in [-0.15, -0.1) is 0 Å². The third-order valence-electron chi connectivity index (χ3n) is 4.85. The molecule has 0 aliphatic heterocycles. The fourth-order valence-corrected chi connectivity index (χ4v) is 3.65. The van der Waals surface area contributed by atoms with Crippen molar-refractivity contribution in [3.8, 4) is 0 Å². The van der Waals surface area contributed by atoms with Crippen molar-refractivity contribution >= 4 is 17.0 Å². The number of nitrogens with zero attached hydrogens (tertiary/aromatic N) is 3. The van der Waals surface area contributed by atoms with Gasteiger partial charge in [0.05, 0.1) is 6.20 Å². The molecule has 6 heteroatoms. The van der Waals surface area contributed by atoms with E-state index in [9.17, 15) is 4.79 Å². The number of nitrogens with one attached hydrogen (secondary N) is 2. The maximum absolute atomic E-state index is 12.1. The molecule has 2 aromatic heterocycles. The number of likely N-dealkylation sites (N-methyl/N-ethyl adjacent to an activating group) is 1. The molecule has 0 spiro atoms. The Morgan fingerprint density at radius 3 is 2.87 bits per heavy atom. The van der Waals surface area contributed by atoms with E-state index < -0.39 is 0 Å². The fraction of sp³-hybridized carbons (Fsp3) is 0.353. The maximum Gasteiger partial charge on any atom is 0.263 e. The highest BCUT2D eigenvalue weighted by atomic mass is 16.1. The standard InChI is InChI=1S/C17H19N5O/c1-22(17-19-15-13(10-18-21-15)16(23)20-17)14-9-5-8-12(14)11-6-3-2-4-7-11/h2-4,6-7,10,12,14H,5,8-9H2,1H3,(H2,18,19,20,21,23). The van der Waals surface area contributed by atoms with Crippen LogP contribution in [-0.4, -0.2) is 33.3 Å². The summed E-state index contributed by atoms with van der Waals surface area (Å²) in [4.78, 5) is 21.7. The zero-order chi connectivity index (χ0) is 15.8. The van der Waals surface area contributed by atoms with Gasteiger partial charge in [0.25, 0.3) is 5.56 Å². The molecule has 2 N–H and O–H groups in total. The third kappa shape index (κ3) is 2.40. The van der Waals surface area contributed by atoms with E-state index in [-0.39, 0.29) is 5.56 Å². The van der Waals surface area contributed by atoms with Crippen LogP contribution < -0.4 is 10.5 Å². The Kier molecular flexibility index (Phi) is 3.37. The quantitative estimate of drug-likeness (QED) is 0.779. The molecular weight excluding hydrogens is 290 g/mol. The van der Waals surface area contributed by atoms with Gasteiger partial charge in [-0.1, -0.05) is 36.8 Å². The molecule has 3 aromatic rings. The molecule has 1 aliphatic carbocycles. The maximum atomic E-state index is 12.1. The van der Waals surface area contributed by atoms with E-state index in [4.69, 9.17) is 0 Å². The average molecular weight is 309 g/mol. The summed E-state index contributed by atoms with van der Waals surface area (Å²) in [6, 6.07) is 10.9. The first-order chi connectivity index (χ1) is 11.2. The van der Waals surface area contributed by atoms with Crippen molar-refractivity contribution in [3.63, 3.8) is 0 Å². The number of aromatic amines is 2. The Morgan fingerprint density at radius 1 is 1.22 bits per heavy atom. The summed E-state index contributed by atoms with van der Waals surface area (Å²) in [6.45, 7) is 0. The first kappa shape index (κ1) is 14.0. The van der Waals surface area contributed by atoms with Crippen LogP contribution in [0.3, 0.4) is 0 Å². The Bertz CT molecular complexity index is 869. The van der Waals surface area contributed by atoms with E-state index >= 15 is 0 Å². The normalized spacial score (nSPS) is 20.9. The minimum atomic E-state index is -0.153. The zero-order valence-electron chi connectivity index (χ0n) is 13.0. The topological polar surface area (TPSA) is 77.7 Å². The molecule has 1 aromatic carbocycles. The first-order valence-corrected chi connectivity index (χ1v) is 7.95. The van der Waals surface area contributed by atoms with Crippen molar-refractivity contribution in [3.05, 3.63) is 52.4 Å². The minimum Gasteiger partial charge on any atom is -0.342 e. The van der Waals surface area contributed by atoms with Crippen molar-refractivity contribution in [2.24, 2.45) is 0 Å². The van der Waals surface area contributed by atoms with Crippen LogP contribution in [0.2, 0.25) is 0 Å². The van der Waals surface area contributed by atoms with Crippen LogP contribution in [0, 0.1) is 0 Å². The summed E-state index contributed by atoms with van der Waals surface area (Å²) in [7, 11) is 2.01. The summed E-state index contributed by atoms with van der Waals surface area (Å²) in [5.74, 6) is 1.06. The molecule has 1 fully saturated rings. The molecule has 1 saturated carbocycles. The molecule has 0 saturated heterocycles. The SMILES string of the molecule is CN(c1nc2[nH]ncc2c(=O)[nH]1)C1CCCC1c1ccccc1. The summed E-state index contributed by atoms with van der Waals surface area (Å²) < 4.78 is 0. The lowest BCUT2D eigenvalue weighted by Gasteiger charge is -2.30. The Labute approximate surface area is 133 Å². The fourth-order valence-electron chi connectivity index (χ4n) is 3.65. The van der Waals surface area contributed by atoms with Crippen LogP contribution in [0.15, 0.2) is 41.3 Å². The van der Waals surface area contributed by atoms with Gasteiger partial charge in [0.2, 0.25) is 5.95 Å². The van der Waals surface area contributed by atoms with Crippen LogP contribution in [-0.2, 0) is 0 Å². The first-order valence-electron chi connectivity index (χ1n) is 7.95. The lowest BCUT2D eigenvalue weighted by molar-refractivity contribution is 0.570. The van der Waals surface area contributed by atoms with Gasteiger partial charge in [-0.05, 0) is 18.4 Å². The second-order valence-corrected chi connectivity index (χ2v) is 6.15. The highest BCUT2D eigenvalue weighted by molar-refractivity contribution is 5.73. The Morgan fingerprint density at radius 2 is 2.04 bits per heavy atom. The predicted octanol–water partition coefficient (Wildman–Crippen LogP) is 2.42. The minimum absolute atomic E-state index is 0.153. The highest BCUT2D eigenvalue weighted by Crippen LogP contribution is 2.38. The average Bonchev–Trinajstić information content (AvgIpc) is 3.24. The summed E-state index contributed by atoms with van der Waals surface area (Å²) in [6.07, 6.45) is 4.95. The van der Waals surface area contributed by atoms with Crippen molar-refractivity contribution in [2.75, 3.05) is 11.9 Å². The zero-order valence-corrected chi connectivity index (χ0v) is 13.0. The van der Waals surface area contributed by atoms with Crippen LogP contribution in [0.25, 0.3) is 11.0 Å². The molecule has 2 heterocycles. The van der Waals surface area contributed by atoms with Crippen molar-refractivity contribution in [1.82, 2.24) is 20.2 Å². The summed E-state index contributed by atoms with van der Waals surface area (Å²) in [5.41, 5.74) is 1.73. The van der Waals surface area contributed by atoms with E-state index in [1.165, 1.54) is 18.2 Å². The van der Waals surface area contributed by atoms with Gasteiger partial charge in [-0.2, -0.15) is 10.1 Å². The number of anilines is 1. The molecule has 118 valence electrons. The lowest BCUT2D eigenvalue weighted by atomic mass is 9.93. The van der Waals surface area contributed by atoms with E-state index in [1.807, 2.05) is 13.1 Å². The molecule has 0 bridgehead atoms. The van der Waals surface area contributed by atoms with Crippen molar-refractivity contribution < 1.29 is 0 Å². The predicted molar refractivity (Wildman–Crippen MR) is 89.7 cm³/mol.